The van der Waals surface area contributed by atoms with Gasteiger partial charge in [0.1, 0.15) is 6.33 Å². The topological polar surface area (TPSA) is 58.9 Å². The lowest BCUT2D eigenvalue weighted by Gasteiger charge is -2.10. The van der Waals surface area contributed by atoms with Crippen LogP contribution in [0.1, 0.15) is 5.56 Å². The molecule has 5 heteroatoms. The zero-order chi connectivity index (χ0) is 12.1. The van der Waals surface area contributed by atoms with Gasteiger partial charge in [-0.1, -0.05) is 18.2 Å². The minimum absolute atomic E-state index is 0.217. The Morgan fingerprint density at radius 2 is 2.24 bits per heavy atom. The number of aromatic nitrogens is 2. The molecule has 0 saturated carbocycles. The molecule has 2 rings (SSSR count). The number of para-hydroxylation sites is 1. The molecule has 17 heavy (non-hydrogen) atoms. The van der Waals surface area contributed by atoms with E-state index in [0.29, 0.717) is 6.54 Å². The molecule has 0 aliphatic rings. The summed E-state index contributed by atoms with van der Waals surface area (Å²) < 4.78 is 1.40. The van der Waals surface area contributed by atoms with E-state index >= 15 is 0 Å². The van der Waals surface area contributed by atoms with Crippen LogP contribution in [-0.2, 0) is 6.54 Å². The van der Waals surface area contributed by atoms with Gasteiger partial charge in [-0.3, -0.25) is 4.57 Å². The maximum absolute atomic E-state index is 11.8. The van der Waals surface area contributed by atoms with Crippen molar-refractivity contribution in [1.29, 1.82) is 0 Å². The fraction of sp³-hybridized carbons (Fsp3) is 0.167. The molecule has 1 aromatic heterocycles. The highest BCUT2D eigenvalue weighted by atomic mass is 16.2. The first-order chi connectivity index (χ1) is 8.31. The van der Waals surface area contributed by atoms with Gasteiger partial charge in [0.25, 0.3) is 0 Å². The van der Waals surface area contributed by atoms with Gasteiger partial charge < -0.3 is 10.6 Å². The summed E-state index contributed by atoms with van der Waals surface area (Å²) in [5.41, 5.74) is 1.85. The van der Waals surface area contributed by atoms with Crippen molar-refractivity contribution in [2.45, 2.75) is 6.54 Å². The van der Waals surface area contributed by atoms with Crippen LogP contribution in [0.2, 0.25) is 0 Å². The van der Waals surface area contributed by atoms with Gasteiger partial charge in [-0.2, -0.15) is 0 Å². The molecule has 1 amide bonds. The molecule has 0 saturated heterocycles. The van der Waals surface area contributed by atoms with Gasteiger partial charge in [0.05, 0.1) is 0 Å². The summed E-state index contributed by atoms with van der Waals surface area (Å²) >= 11 is 0. The molecule has 0 fully saturated rings. The minimum atomic E-state index is -0.217. The molecule has 1 heterocycles. The highest BCUT2D eigenvalue weighted by Gasteiger charge is 2.06. The highest BCUT2D eigenvalue weighted by molar-refractivity contribution is 5.91. The van der Waals surface area contributed by atoms with Crippen molar-refractivity contribution in [1.82, 2.24) is 14.9 Å². The lowest BCUT2D eigenvalue weighted by Crippen LogP contribution is -2.19. The van der Waals surface area contributed by atoms with Gasteiger partial charge in [-0.15, -0.1) is 0 Å². The highest BCUT2D eigenvalue weighted by Crippen LogP contribution is 2.14. The Morgan fingerprint density at radius 1 is 1.41 bits per heavy atom. The smallest absolute Gasteiger partial charge is 0.316 e. The number of anilines is 1. The number of rotatable bonds is 3. The molecule has 0 aliphatic heterocycles. The van der Waals surface area contributed by atoms with Crippen molar-refractivity contribution >= 4 is 11.7 Å². The van der Waals surface area contributed by atoms with Crippen LogP contribution in [0.15, 0.2) is 43.0 Å². The fourth-order valence-electron chi connectivity index (χ4n) is 1.55. The Kier molecular flexibility index (Phi) is 3.52. The first-order valence-electron chi connectivity index (χ1n) is 5.33. The molecular formula is C12H14N4O. The van der Waals surface area contributed by atoms with Crippen LogP contribution in [0, 0.1) is 0 Å². The Labute approximate surface area is 99.5 Å². The van der Waals surface area contributed by atoms with E-state index in [1.54, 1.807) is 12.4 Å². The van der Waals surface area contributed by atoms with Crippen molar-refractivity contribution in [3.8, 4) is 0 Å². The third-order valence-electron chi connectivity index (χ3n) is 2.37. The number of imidazole rings is 1. The molecule has 88 valence electrons. The molecule has 0 aliphatic carbocycles. The second-order valence-electron chi connectivity index (χ2n) is 3.59. The average molecular weight is 230 g/mol. The molecule has 5 nitrogen and oxygen atoms in total. The summed E-state index contributed by atoms with van der Waals surface area (Å²) in [6, 6.07) is 7.47. The predicted octanol–water partition coefficient (Wildman–Crippen LogP) is 1.68. The molecule has 1 aromatic carbocycles. The van der Waals surface area contributed by atoms with Crippen LogP contribution in [0.25, 0.3) is 0 Å². The predicted molar refractivity (Wildman–Crippen MR) is 65.8 cm³/mol. The molecule has 0 atom stereocenters. The Morgan fingerprint density at radius 3 is 2.94 bits per heavy atom. The number of carbonyl (C=O) groups excluding carboxylic acids is 1. The summed E-state index contributed by atoms with van der Waals surface area (Å²) in [7, 11) is 1.87. The van der Waals surface area contributed by atoms with Crippen molar-refractivity contribution in [2.75, 3.05) is 12.4 Å². The van der Waals surface area contributed by atoms with E-state index in [4.69, 9.17) is 0 Å². The normalized spacial score (nSPS) is 10.2. The van der Waals surface area contributed by atoms with Crippen LogP contribution < -0.4 is 10.6 Å². The van der Waals surface area contributed by atoms with Gasteiger partial charge in [0, 0.05) is 24.6 Å². The molecule has 0 spiro atoms. The van der Waals surface area contributed by atoms with Gasteiger partial charge in [0.2, 0.25) is 0 Å². The van der Waals surface area contributed by atoms with Crippen LogP contribution in [0.3, 0.4) is 0 Å². The van der Waals surface area contributed by atoms with Crippen LogP contribution in [0.5, 0.6) is 0 Å². The van der Waals surface area contributed by atoms with Crippen molar-refractivity contribution < 1.29 is 4.79 Å². The largest absolute Gasteiger partial charge is 0.331 e. The van der Waals surface area contributed by atoms with Gasteiger partial charge in [-0.05, 0) is 18.7 Å². The SMILES string of the molecule is CNCc1ccccc1NC(=O)n1ccnc1. The molecule has 2 N–H and O–H groups in total. The van der Waals surface area contributed by atoms with Gasteiger partial charge >= 0.3 is 6.03 Å². The zero-order valence-electron chi connectivity index (χ0n) is 9.55. The maximum Gasteiger partial charge on any atom is 0.331 e. The quantitative estimate of drug-likeness (QED) is 0.843. The van der Waals surface area contributed by atoms with Crippen LogP contribution in [0.4, 0.5) is 10.5 Å². The number of hydrogen-bond acceptors (Lipinski definition) is 3. The second-order valence-corrected chi connectivity index (χ2v) is 3.59. The standard InChI is InChI=1S/C12H14N4O/c1-13-8-10-4-2-3-5-11(10)15-12(17)16-7-6-14-9-16/h2-7,9,13H,8H2,1H3,(H,15,17). The van der Waals surface area contributed by atoms with E-state index in [-0.39, 0.29) is 6.03 Å². The zero-order valence-corrected chi connectivity index (χ0v) is 9.55. The summed E-state index contributed by atoms with van der Waals surface area (Å²) in [5, 5.41) is 5.90. The third-order valence-corrected chi connectivity index (χ3v) is 2.37. The van der Waals surface area contributed by atoms with Crippen molar-refractivity contribution in [2.24, 2.45) is 0 Å². The number of carbonyl (C=O) groups is 1. The van der Waals surface area contributed by atoms with Crippen molar-refractivity contribution in [3.05, 3.63) is 48.5 Å². The van der Waals surface area contributed by atoms with Crippen LogP contribution in [-0.4, -0.2) is 22.6 Å². The average Bonchev–Trinajstić information content (AvgIpc) is 2.85. The van der Waals surface area contributed by atoms with E-state index in [9.17, 15) is 4.79 Å². The van der Waals surface area contributed by atoms with Crippen LogP contribution >= 0.6 is 0 Å². The number of nitrogens with one attached hydrogen (secondary N) is 2. The third kappa shape index (κ3) is 2.70. The molecular weight excluding hydrogens is 216 g/mol. The number of benzene rings is 1. The Bertz CT molecular complexity index is 493. The van der Waals surface area contributed by atoms with Crippen molar-refractivity contribution in [3.63, 3.8) is 0 Å². The monoisotopic (exact) mass is 230 g/mol. The Hall–Kier alpha value is -2.14. The lowest BCUT2D eigenvalue weighted by molar-refractivity contribution is 0.253. The Balaban J connectivity index is 2.15. The summed E-state index contributed by atoms with van der Waals surface area (Å²) in [6.07, 6.45) is 4.64. The second kappa shape index (κ2) is 5.27. The molecule has 2 aromatic rings. The van der Waals surface area contributed by atoms with E-state index < -0.39 is 0 Å². The van der Waals surface area contributed by atoms with E-state index in [1.807, 2.05) is 31.3 Å². The van der Waals surface area contributed by atoms with Gasteiger partial charge in [0.15, 0.2) is 0 Å². The van der Waals surface area contributed by atoms with Gasteiger partial charge in [-0.25, -0.2) is 9.78 Å². The molecule has 0 radical (unpaired) electrons. The summed E-state index contributed by atoms with van der Waals surface area (Å²) in [4.78, 5) is 15.7. The summed E-state index contributed by atoms with van der Waals surface area (Å²) in [5.74, 6) is 0. The van der Waals surface area contributed by atoms with E-state index in [1.165, 1.54) is 10.9 Å². The molecule has 0 unspecified atom stereocenters. The minimum Gasteiger partial charge on any atom is -0.316 e. The fourth-order valence-corrected chi connectivity index (χ4v) is 1.55. The number of hydrogen-bond donors (Lipinski definition) is 2. The first kappa shape index (κ1) is 11.3. The first-order valence-corrected chi connectivity index (χ1v) is 5.33. The lowest BCUT2D eigenvalue weighted by atomic mass is 10.2. The maximum atomic E-state index is 11.8. The van der Waals surface area contributed by atoms with E-state index in [0.717, 1.165) is 11.3 Å². The summed E-state index contributed by atoms with van der Waals surface area (Å²) in [6.45, 7) is 0.709. The van der Waals surface area contributed by atoms with E-state index in [2.05, 4.69) is 15.6 Å². The molecule has 0 bridgehead atoms. The number of nitrogens with zero attached hydrogens (tertiary/aromatic N) is 2. The number of amides is 1.